The van der Waals surface area contributed by atoms with Crippen LogP contribution in [-0.4, -0.2) is 23.4 Å². The Labute approximate surface area is 208 Å². The molecule has 2 aromatic carbocycles. The number of rotatable bonds is 5. The molecule has 1 atom stereocenters. The van der Waals surface area contributed by atoms with Gasteiger partial charge in [-0.1, -0.05) is 51.5 Å². The minimum atomic E-state index is -0.594. The lowest BCUT2D eigenvalue weighted by molar-refractivity contribution is -0.139. The number of halogens is 1. The van der Waals surface area contributed by atoms with Crippen molar-refractivity contribution in [3.05, 3.63) is 94.6 Å². The average Bonchev–Trinajstić information content (AvgIpc) is 3.10. The highest BCUT2D eigenvalue weighted by atomic mass is 79.9. The van der Waals surface area contributed by atoms with Crippen LogP contribution in [0.15, 0.2) is 72.9 Å². The van der Waals surface area contributed by atoms with E-state index in [1.807, 2.05) is 61.7 Å². The first-order valence-electron chi connectivity index (χ1n) is 10.4. The van der Waals surface area contributed by atoms with Crippen LogP contribution >= 0.6 is 39.0 Å². The Morgan fingerprint density at radius 1 is 1.24 bits per heavy atom. The number of nitrogens with zero attached hydrogens (tertiary/aromatic N) is 2. The van der Waals surface area contributed by atoms with Crippen molar-refractivity contribution in [3.8, 4) is 0 Å². The number of ether oxygens (including phenoxy) is 1. The van der Waals surface area contributed by atoms with Crippen molar-refractivity contribution in [1.29, 1.82) is 0 Å². The van der Waals surface area contributed by atoms with Crippen LogP contribution in [0.1, 0.15) is 36.6 Å². The van der Waals surface area contributed by atoms with E-state index in [0.29, 0.717) is 20.6 Å². The van der Waals surface area contributed by atoms with Gasteiger partial charge in [0.1, 0.15) is 0 Å². The lowest BCUT2D eigenvalue weighted by atomic mass is 9.96. The summed E-state index contributed by atoms with van der Waals surface area (Å²) < 4.78 is 8.51. The predicted octanol–water partition coefficient (Wildman–Crippen LogP) is 4.59. The highest BCUT2D eigenvalue weighted by molar-refractivity contribution is 9.10. The number of aryl methyl sites for hydroxylation is 1. The van der Waals surface area contributed by atoms with Crippen LogP contribution in [0.4, 0.5) is 0 Å². The number of esters is 1. The van der Waals surface area contributed by atoms with E-state index in [1.54, 1.807) is 30.2 Å². The summed E-state index contributed by atoms with van der Waals surface area (Å²) in [4.78, 5) is 32.8. The smallest absolute Gasteiger partial charge is 0.338 e. The molecule has 0 radical (unpaired) electrons. The third-order valence-electron chi connectivity index (χ3n) is 5.44. The maximum absolute atomic E-state index is 13.6. The second-order valence-corrected chi connectivity index (χ2v) is 10.3. The SMILES string of the molecule is CCOC(=O)C1=C(C)N=c2s/c(=C\c3ccc(C)c(Br)c3)c(=O)n2[C@H]1c1ccc(SC)cc1. The molecule has 170 valence electrons. The number of carbonyl (C=O) groups excluding carboxylic acids is 1. The van der Waals surface area contributed by atoms with E-state index in [9.17, 15) is 9.59 Å². The second kappa shape index (κ2) is 9.83. The summed E-state index contributed by atoms with van der Waals surface area (Å²) in [6.07, 6.45) is 3.88. The van der Waals surface area contributed by atoms with Crippen LogP contribution in [0.3, 0.4) is 0 Å². The second-order valence-electron chi connectivity index (χ2n) is 7.58. The Morgan fingerprint density at radius 3 is 2.61 bits per heavy atom. The molecule has 5 nitrogen and oxygen atoms in total. The topological polar surface area (TPSA) is 60.7 Å². The minimum absolute atomic E-state index is 0.177. The molecule has 0 amide bonds. The Hall–Kier alpha value is -2.42. The molecule has 0 saturated heterocycles. The fourth-order valence-corrected chi connectivity index (χ4v) is 5.59. The zero-order valence-corrected chi connectivity index (χ0v) is 21.9. The molecule has 1 aliphatic heterocycles. The van der Waals surface area contributed by atoms with E-state index in [4.69, 9.17) is 4.74 Å². The van der Waals surface area contributed by atoms with Gasteiger partial charge in [0.2, 0.25) is 0 Å². The number of hydrogen-bond acceptors (Lipinski definition) is 6. The van der Waals surface area contributed by atoms with Crippen LogP contribution in [0, 0.1) is 6.92 Å². The quantitative estimate of drug-likeness (QED) is 0.349. The molecular weight excluding hydrogens is 520 g/mol. The molecule has 1 aromatic heterocycles. The first kappa shape index (κ1) is 23.7. The fourth-order valence-electron chi connectivity index (χ4n) is 3.74. The first-order chi connectivity index (χ1) is 15.8. The van der Waals surface area contributed by atoms with Gasteiger partial charge >= 0.3 is 5.97 Å². The highest BCUT2D eigenvalue weighted by Crippen LogP contribution is 2.31. The molecule has 2 heterocycles. The zero-order valence-electron chi connectivity index (χ0n) is 18.7. The van der Waals surface area contributed by atoms with Crippen molar-refractivity contribution in [1.82, 2.24) is 4.57 Å². The number of allylic oxidation sites excluding steroid dienone is 1. The van der Waals surface area contributed by atoms with Crippen LogP contribution < -0.4 is 14.9 Å². The summed E-state index contributed by atoms with van der Waals surface area (Å²) >= 11 is 6.52. The maximum atomic E-state index is 13.6. The number of fused-ring (bicyclic) bond motifs is 1. The van der Waals surface area contributed by atoms with Gasteiger partial charge < -0.3 is 4.74 Å². The van der Waals surface area contributed by atoms with Crippen LogP contribution in [0.5, 0.6) is 0 Å². The normalized spacial score (nSPS) is 15.9. The Balaban J connectivity index is 1.94. The third-order valence-corrected chi connectivity index (χ3v) is 8.02. The molecule has 3 aromatic rings. The van der Waals surface area contributed by atoms with Crippen molar-refractivity contribution in [2.75, 3.05) is 12.9 Å². The summed E-state index contributed by atoms with van der Waals surface area (Å²) in [5, 5.41) is 0. The van der Waals surface area contributed by atoms with Crippen molar-refractivity contribution < 1.29 is 9.53 Å². The number of aromatic nitrogens is 1. The Kier molecular flexibility index (Phi) is 7.07. The summed E-state index contributed by atoms with van der Waals surface area (Å²) in [6, 6.07) is 13.3. The molecule has 0 unspecified atom stereocenters. The van der Waals surface area contributed by atoms with Gasteiger partial charge in [0, 0.05) is 9.37 Å². The average molecular weight is 544 g/mol. The number of thioether (sulfide) groups is 1. The predicted molar refractivity (Wildman–Crippen MR) is 138 cm³/mol. The van der Waals surface area contributed by atoms with E-state index in [2.05, 4.69) is 20.9 Å². The molecule has 0 spiro atoms. The van der Waals surface area contributed by atoms with E-state index < -0.39 is 12.0 Å². The van der Waals surface area contributed by atoms with Gasteiger partial charge in [-0.05, 0) is 68.0 Å². The first-order valence-corrected chi connectivity index (χ1v) is 13.3. The highest BCUT2D eigenvalue weighted by Gasteiger charge is 2.33. The van der Waals surface area contributed by atoms with Crippen LogP contribution in [0.25, 0.3) is 6.08 Å². The molecule has 0 N–H and O–H groups in total. The number of benzene rings is 2. The summed E-state index contributed by atoms with van der Waals surface area (Å²) in [5.41, 5.74) is 3.67. The van der Waals surface area contributed by atoms with Gasteiger partial charge in [-0.25, -0.2) is 9.79 Å². The molecule has 33 heavy (non-hydrogen) atoms. The Bertz CT molecular complexity index is 1440. The van der Waals surface area contributed by atoms with Crippen LogP contribution in [-0.2, 0) is 9.53 Å². The van der Waals surface area contributed by atoms with Crippen LogP contribution in [0.2, 0.25) is 0 Å². The van der Waals surface area contributed by atoms with Crippen molar-refractivity contribution in [3.63, 3.8) is 0 Å². The van der Waals surface area contributed by atoms with E-state index in [-0.39, 0.29) is 12.2 Å². The van der Waals surface area contributed by atoms with E-state index in [0.717, 1.165) is 26.1 Å². The number of thiazole rings is 1. The molecule has 0 saturated carbocycles. The largest absolute Gasteiger partial charge is 0.463 e. The molecular formula is C25H23BrN2O3S2. The molecule has 0 aliphatic carbocycles. The molecule has 4 rings (SSSR count). The van der Waals surface area contributed by atoms with Crippen molar-refractivity contribution in [2.24, 2.45) is 4.99 Å². The lowest BCUT2D eigenvalue weighted by Crippen LogP contribution is -2.39. The monoisotopic (exact) mass is 542 g/mol. The molecule has 1 aliphatic rings. The van der Waals surface area contributed by atoms with Gasteiger partial charge in [-0.3, -0.25) is 9.36 Å². The number of hydrogen-bond donors (Lipinski definition) is 0. The van der Waals surface area contributed by atoms with Crippen molar-refractivity contribution >= 4 is 51.1 Å². The van der Waals surface area contributed by atoms with Gasteiger partial charge in [0.15, 0.2) is 4.80 Å². The summed E-state index contributed by atoms with van der Waals surface area (Å²) in [5.74, 6) is -0.450. The van der Waals surface area contributed by atoms with E-state index >= 15 is 0 Å². The Morgan fingerprint density at radius 2 is 1.97 bits per heavy atom. The minimum Gasteiger partial charge on any atom is -0.463 e. The standard InChI is InChI=1S/C25H23BrN2O3S2/c1-5-31-24(30)21-15(3)27-25-28(22(21)17-8-10-18(32-4)11-9-17)23(29)20(33-25)13-16-7-6-14(2)19(26)12-16/h6-13,22H,5H2,1-4H3/b20-13-/t22-/m0/s1. The molecule has 0 bridgehead atoms. The van der Waals surface area contributed by atoms with Crippen molar-refractivity contribution in [2.45, 2.75) is 31.7 Å². The third kappa shape index (κ3) is 4.65. The van der Waals surface area contributed by atoms with Gasteiger partial charge in [-0.15, -0.1) is 11.8 Å². The van der Waals surface area contributed by atoms with Gasteiger partial charge in [0.25, 0.3) is 5.56 Å². The molecule has 0 fully saturated rings. The summed E-state index contributed by atoms with van der Waals surface area (Å²) in [6.45, 7) is 5.83. The number of carbonyl (C=O) groups is 1. The summed E-state index contributed by atoms with van der Waals surface area (Å²) in [7, 11) is 0. The van der Waals surface area contributed by atoms with E-state index in [1.165, 1.54) is 11.3 Å². The fraction of sp³-hybridized carbons (Fsp3) is 0.240. The zero-order chi connectivity index (χ0) is 23.7. The maximum Gasteiger partial charge on any atom is 0.338 e. The lowest BCUT2D eigenvalue weighted by Gasteiger charge is -2.24. The molecule has 8 heteroatoms. The van der Waals surface area contributed by atoms with Gasteiger partial charge in [-0.2, -0.15) is 0 Å². The van der Waals surface area contributed by atoms with Gasteiger partial charge in [0.05, 0.1) is 28.5 Å².